The molecule has 0 spiro atoms. The number of rotatable bonds is 7. The standard InChI is InChI=1S/C11H25P/c1-5-10(6-2)9-12-11(7-3)8-4/h10-12H,5-9H2,1-4H3. The predicted molar refractivity (Wildman–Crippen MR) is 61.6 cm³/mol. The maximum absolute atomic E-state index is 2.33. The molecular weight excluding hydrogens is 163 g/mol. The Kier molecular flexibility index (Phi) is 8.34. The number of hydrogen-bond donors (Lipinski definition) is 0. The molecule has 0 N–H and O–H groups in total. The van der Waals surface area contributed by atoms with Crippen LogP contribution in [-0.2, 0) is 0 Å². The van der Waals surface area contributed by atoms with Crippen LogP contribution in [-0.4, -0.2) is 11.8 Å². The summed E-state index contributed by atoms with van der Waals surface area (Å²) in [5.41, 5.74) is 1.02. The van der Waals surface area contributed by atoms with Crippen LogP contribution in [0.25, 0.3) is 0 Å². The maximum Gasteiger partial charge on any atom is -0.0242 e. The first-order chi connectivity index (χ1) is 5.78. The molecule has 1 unspecified atom stereocenters. The van der Waals surface area contributed by atoms with Gasteiger partial charge in [0.25, 0.3) is 0 Å². The summed E-state index contributed by atoms with van der Waals surface area (Å²) >= 11 is 0. The molecule has 0 amide bonds. The zero-order valence-corrected chi connectivity index (χ0v) is 10.2. The molecular formula is C11H25P. The summed E-state index contributed by atoms with van der Waals surface area (Å²) in [5.74, 6) is 1.00. The van der Waals surface area contributed by atoms with Crippen molar-refractivity contribution in [2.24, 2.45) is 5.92 Å². The first-order valence-electron chi connectivity index (χ1n) is 5.51. The maximum atomic E-state index is 2.33. The van der Waals surface area contributed by atoms with Crippen molar-refractivity contribution in [3.8, 4) is 0 Å². The van der Waals surface area contributed by atoms with Gasteiger partial charge >= 0.3 is 0 Å². The van der Waals surface area contributed by atoms with Crippen LogP contribution in [0.15, 0.2) is 0 Å². The molecule has 0 heterocycles. The molecule has 0 fully saturated rings. The summed E-state index contributed by atoms with van der Waals surface area (Å²) < 4.78 is 0. The minimum Gasteiger partial charge on any atom is -0.119 e. The van der Waals surface area contributed by atoms with E-state index in [1.165, 1.54) is 40.4 Å². The van der Waals surface area contributed by atoms with Crippen LogP contribution >= 0.6 is 8.58 Å². The smallest absolute Gasteiger partial charge is 0.0242 e. The zero-order valence-electron chi connectivity index (χ0n) is 9.19. The molecule has 0 aliphatic rings. The fraction of sp³-hybridized carbons (Fsp3) is 1.00. The van der Waals surface area contributed by atoms with Gasteiger partial charge in [0.2, 0.25) is 0 Å². The number of hydrogen-bond acceptors (Lipinski definition) is 0. The van der Waals surface area contributed by atoms with E-state index in [4.69, 9.17) is 0 Å². The first kappa shape index (κ1) is 12.4. The predicted octanol–water partition coefficient (Wildman–Crippen LogP) is 4.29. The molecule has 0 saturated carbocycles. The molecule has 0 aromatic carbocycles. The van der Waals surface area contributed by atoms with Crippen molar-refractivity contribution in [3.63, 3.8) is 0 Å². The molecule has 0 radical (unpaired) electrons. The highest BCUT2D eigenvalue weighted by atomic mass is 31.1. The Hall–Kier alpha value is 0.430. The quantitative estimate of drug-likeness (QED) is 0.523. The van der Waals surface area contributed by atoms with E-state index in [1.807, 2.05) is 0 Å². The summed E-state index contributed by atoms with van der Waals surface area (Å²) in [6, 6.07) is 0. The van der Waals surface area contributed by atoms with E-state index in [2.05, 4.69) is 27.7 Å². The third-order valence-electron chi connectivity index (χ3n) is 2.84. The van der Waals surface area contributed by atoms with Crippen molar-refractivity contribution in [2.75, 3.05) is 6.16 Å². The van der Waals surface area contributed by atoms with Crippen molar-refractivity contribution < 1.29 is 0 Å². The second kappa shape index (κ2) is 8.05. The van der Waals surface area contributed by atoms with Crippen LogP contribution in [0.5, 0.6) is 0 Å². The highest BCUT2D eigenvalue weighted by molar-refractivity contribution is 7.38. The molecule has 0 rings (SSSR count). The summed E-state index contributed by atoms with van der Waals surface area (Å²) in [5, 5.41) is 0. The van der Waals surface area contributed by atoms with E-state index in [0.717, 1.165) is 11.6 Å². The lowest BCUT2D eigenvalue weighted by atomic mass is 10.1. The van der Waals surface area contributed by atoms with Crippen LogP contribution in [0.4, 0.5) is 0 Å². The van der Waals surface area contributed by atoms with E-state index in [0.29, 0.717) is 0 Å². The molecule has 12 heavy (non-hydrogen) atoms. The van der Waals surface area contributed by atoms with Crippen molar-refractivity contribution in [3.05, 3.63) is 0 Å². The third-order valence-corrected chi connectivity index (χ3v) is 5.04. The molecule has 1 heteroatoms. The van der Waals surface area contributed by atoms with Crippen molar-refractivity contribution >= 4 is 8.58 Å². The molecule has 0 bridgehead atoms. The van der Waals surface area contributed by atoms with E-state index in [-0.39, 0.29) is 0 Å². The average molecular weight is 188 g/mol. The van der Waals surface area contributed by atoms with Gasteiger partial charge < -0.3 is 0 Å². The third kappa shape index (κ3) is 5.14. The Morgan fingerprint density at radius 1 is 0.833 bits per heavy atom. The van der Waals surface area contributed by atoms with Crippen LogP contribution in [0.1, 0.15) is 53.4 Å². The van der Waals surface area contributed by atoms with Crippen molar-refractivity contribution in [1.82, 2.24) is 0 Å². The minimum atomic E-state index is 1.00. The van der Waals surface area contributed by atoms with E-state index < -0.39 is 0 Å². The Balaban J connectivity index is 3.49. The van der Waals surface area contributed by atoms with Gasteiger partial charge in [-0.1, -0.05) is 40.5 Å². The molecule has 0 aromatic rings. The topological polar surface area (TPSA) is 0 Å². The van der Waals surface area contributed by atoms with Gasteiger partial charge in [0.15, 0.2) is 0 Å². The van der Waals surface area contributed by atoms with E-state index in [1.54, 1.807) is 0 Å². The Bertz CT molecular complexity index is 71.0. The highest BCUT2D eigenvalue weighted by Gasteiger charge is 2.07. The normalized spacial score (nSPS) is 12.5. The first-order valence-corrected chi connectivity index (χ1v) is 6.80. The fourth-order valence-corrected chi connectivity index (χ4v) is 3.31. The SMILES string of the molecule is CCC(CC)CPC(CC)CC. The lowest BCUT2D eigenvalue weighted by Crippen LogP contribution is -2.04. The second-order valence-electron chi connectivity index (χ2n) is 3.60. The van der Waals surface area contributed by atoms with Gasteiger partial charge in [-0.25, -0.2) is 0 Å². The van der Waals surface area contributed by atoms with Gasteiger partial charge in [-0.3, -0.25) is 0 Å². The van der Waals surface area contributed by atoms with E-state index >= 15 is 0 Å². The Labute approximate surface area is 80.3 Å². The lowest BCUT2D eigenvalue weighted by molar-refractivity contribution is 0.550. The molecule has 1 atom stereocenters. The molecule has 0 aliphatic carbocycles. The Morgan fingerprint density at radius 3 is 1.67 bits per heavy atom. The van der Waals surface area contributed by atoms with Crippen LogP contribution in [0, 0.1) is 5.92 Å². The van der Waals surface area contributed by atoms with Gasteiger partial charge in [0.05, 0.1) is 0 Å². The average Bonchev–Trinajstić information content (AvgIpc) is 2.13. The summed E-state index contributed by atoms with van der Waals surface area (Å²) in [6.07, 6.45) is 7.01. The minimum absolute atomic E-state index is 1.00. The van der Waals surface area contributed by atoms with Crippen molar-refractivity contribution in [1.29, 1.82) is 0 Å². The summed E-state index contributed by atoms with van der Waals surface area (Å²) in [7, 11) is 1.22. The molecule has 0 nitrogen and oxygen atoms in total. The second-order valence-corrected chi connectivity index (χ2v) is 5.24. The monoisotopic (exact) mass is 188 g/mol. The largest absolute Gasteiger partial charge is 0.119 e. The fourth-order valence-electron chi connectivity index (χ4n) is 1.49. The molecule has 0 saturated heterocycles. The van der Waals surface area contributed by atoms with Gasteiger partial charge in [0.1, 0.15) is 0 Å². The van der Waals surface area contributed by atoms with Crippen LogP contribution in [0.2, 0.25) is 0 Å². The zero-order chi connectivity index (χ0) is 9.40. The van der Waals surface area contributed by atoms with Gasteiger partial charge in [-0.05, 0) is 30.6 Å². The lowest BCUT2D eigenvalue weighted by Gasteiger charge is -2.17. The van der Waals surface area contributed by atoms with E-state index in [9.17, 15) is 0 Å². The van der Waals surface area contributed by atoms with Gasteiger partial charge in [-0.15, -0.1) is 8.58 Å². The molecule has 0 aromatic heterocycles. The highest BCUT2D eigenvalue weighted by Crippen LogP contribution is 2.29. The van der Waals surface area contributed by atoms with Gasteiger partial charge in [0, 0.05) is 0 Å². The van der Waals surface area contributed by atoms with Gasteiger partial charge in [-0.2, -0.15) is 0 Å². The molecule has 74 valence electrons. The summed E-state index contributed by atoms with van der Waals surface area (Å²) in [4.78, 5) is 0. The molecule has 0 aliphatic heterocycles. The van der Waals surface area contributed by atoms with Crippen LogP contribution < -0.4 is 0 Å². The van der Waals surface area contributed by atoms with Crippen LogP contribution in [0.3, 0.4) is 0 Å². The summed E-state index contributed by atoms with van der Waals surface area (Å²) in [6.45, 7) is 9.30. The Morgan fingerprint density at radius 2 is 1.33 bits per heavy atom. The van der Waals surface area contributed by atoms with Crippen molar-refractivity contribution in [2.45, 2.75) is 59.0 Å².